The number of aromatic nitrogens is 1. The number of hydrogen-bond donors (Lipinski definition) is 0. The molecule has 3 rings (SSSR count). The maximum absolute atomic E-state index is 14.2. The zero-order valence-corrected chi connectivity index (χ0v) is 18.6. The number of para-hydroxylation sites is 1. The molecular formula is C21H19FN2O5S2. The van der Waals surface area contributed by atoms with Crippen molar-refractivity contribution in [3.8, 4) is 0 Å². The van der Waals surface area contributed by atoms with Crippen molar-refractivity contribution in [1.29, 1.82) is 0 Å². The standard InChI is InChI=1S/C21H19FN2O5S2/c1-13-8-9-16(31(3,27)28)10-17(13)20(26)29-11-15-12-30-21(23-15)24(14(2)25)19-7-5-4-6-18(19)22/h4-10,12H,11H2,1-3H3. The number of benzene rings is 2. The number of esters is 1. The number of thiazole rings is 1. The maximum atomic E-state index is 14.2. The molecule has 0 spiro atoms. The first kappa shape index (κ1) is 22.6. The molecule has 10 heteroatoms. The third-order valence-electron chi connectivity index (χ3n) is 4.35. The SMILES string of the molecule is CC(=O)N(c1nc(COC(=O)c2cc(S(C)(=O)=O)ccc2C)cs1)c1ccccc1F. The molecule has 3 aromatic rings. The normalized spacial score (nSPS) is 11.2. The van der Waals surface area contributed by atoms with Gasteiger partial charge in [-0.2, -0.15) is 0 Å². The quantitative estimate of drug-likeness (QED) is 0.514. The van der Waals surface area contributed by atoms with E-state index in [1.165, 1.54) is 43.3 Å². The fourth-order valence-electron chi connectivity index (χ4n) is 2.77. The number of anilines is 2. The van der Waals surface area contributed by atoms with Crippen LogP contribution in [0.15, 0.2) is 52.7 Å². The second-order valence-electron chi connectivity index (χ2n) is 6.75. The van der Waals surface area contributed by atoms with Gasteiger partial charge in [-0.15, -0.1) is 11.3 Å². The number of aryl methyl sites for hydroxylation is 1. The summed E-state index contributed by atoms with van der Waals surface area (Å²) in [6, 6.07) is 10.1. The van der Waals surface area contributed by atoms with Crippen molar-refractivity contribution < 1.29 is 27.1 Å². The fourth-order valence-corrected chi connectivity index (χ4v) is 4.29. The van der Waals surface area contributed by atoms with Crippen molar-refractivity contribution in [2.75, 3.05) is 11.2 Å². The van der Waals surface area contributed by atoms with E-state index in [0.29, 0.717) is 11.3 Å². The first-order valence-corrected chi connectivity index (χ1v) is 11.8. The fraction of sp³-hybridized carbons (Fsp3) is 0.190. The molecule has 0 aliphatic heterocycles. The Labute approximate surface area is 183 Å². The molecule has 0 radical (unpaired) electrons. The summed E-state index contributed by atoms with van der Waals surface area (Å²) in [7, 11) is -3.47. The van der Waals surface area contributed by atoms with Gasteiger partial charge in [0.25, 0.3) is 0 Å². The molecule has 7 nitrogen and oxygen atoms in total. The van der Waals surface area contributed by atoms with Crippen molar-refractivity contribution in [1.82, 2.24) is 4.98 Å². The molecule has 0 aliphatic carbocycles. The summed E-state index contributed by atoms with van der Waals surface area (Å²) in [4.78, 5) is 30.0. The van der Waals surface area contributed by atoms with Gasteiger partial charge >= 0.3 is 5.97 Å². The van der Waals surface area contributed by atoms with E-state index in [1.54, 1.807) is 18.4 Å². The molecule has 0 saturated heterocycles. The van der Waals surface area contributed by atoms with Gasteiger partial charge < -0.3 is 4.74 Å². The Bertz CT molecular complexity index is 1250. The predicted octanol–water partition coefficient (Wildman–Crippen LogP) is 4.04. The van der Waals surface area contributed by atoms with Gasteiger partial charge in [0.15, 0.2) is 15.0 Å². The van der Waals surface area contributed by atoms with Crippen molar-refractivity contribution in [3.63, 3.8) is 0 Å². The van der Waals surface area contributed by atoms with Gasteiger partial charge in [0, 0.05) is 18.6 Å². The molecule has 0 N–H and O–H groups in total. The molecule has 162 valence electrons. The summed E-state index contributed by atoms with van der Waals surface area (Å²) < 4.78 is 42.9. The minimum absolute atomic E-state index is 0.0167. The third-order valence-corrected chi connectivity index (χ3v) is 6.33. The van der Waals surface area contributed by atoms with Gasteiger partial charge in [0.2, 0.25) is 5.91 Å². The average Bonchev–Trinajstić information content (AvgIpc) is 3.15. The molecule has 0 aliphatic rings. The summed E-state index contributed by atoms with van der Waals surface area (Å²) in [5.74, 6) is -1.69. The lowest BCUT2D eigenvalue weighted by atomic mass is 10.1. The maximum Gasteiger partial charge on any atom is 0.338 e. The number of nitrogens with zero attached hydrogens (tertiary/aromatic N) is 2. The van der Waals surface area contributed by atoms with Gasteiger partial charge in [-0.05, 0) is 36.8 Å². The Morgan fingerprint density at radius 1 is 1.19 bits per heavy atom. The highest BCUT2D eigenvalue weighted by Gasteiger charge is 2.21. The smallest absolute Gasteiger partial charge is 0.338 e. The van der Waals surface area contributed by atoms with Crippen LogP contribution < -0.4 is 4.90 Å². The molecule has 1 aromatic heterocycles. The second kappa shape index (κ2) is 8.94. The molecule has 2 aromatic carbocycles. The Morgan fingerprint density at radius 2 is 1.90 bits per heavy atom. The van der Waals surface area contributed by atoms with E-state index in [2.05, 4.69) is 4.98 Å². The van der Waals surface area contributed by atoms with E-state index in [1.807, 2.05) is 0 Å². The van der Waals surface area contributed by atoms with Gasteiger partial charge in [-0.1, -0.05) is 18.2 Å². The number of carbonyl (C=O) groups excluding carboxylic acids is 2. The summed E-state index contributed by atoms with van der Waals surface area (Å²) >= 11 is 1.10. The number of hydrogen-bond acceptors (Lipinski definition) is 7. The molecule has 31 heavy (non-hydrogen) atoms. The largest absolute Gasteiger partial charge is 0.456 e. The zero-order chi connectivity index (χ0) is 22.8. The minimum Gasteiger partial charge on any atom is -0.456 e. The molecular weight excluding hydrogens is 443 g/mol. The van der Waals surface area contributed by atoms with Crippen LogP contribution in [0, 0.1) is 12.7 Å². The van der Waals surface area contributed by atoms with Crippen LogP contribution in [0.1, 0.15) is 28.5 Å². The zero-order valence-electron chi connectivity index (χ0n) is 17.0. The van der Waals surface area contributed by atoms with Crippen molar-refractivity contribution in [2.45, 2.75) is 25.3 Å². The second-order valence-corrected chi connectivity index (χ2v) is 9.60. The van der Waals surface area contributed by atoms with E-state index < -0.39 is 27.5 Å². The number of sulfone groups is 1. The lowest BCUT2D eigenvalue weighted by Gasteiger charge is -2.18. The number of halogens is 1. The summed E-state index contributed by atoms with van der Waals surface area (Å²) in [6.07, 6.45) is 1.06. The van der Waals surface area contributed by atoms with E-state index >= 15 is 0 Å². The Balaban J connectivity index is 1.78. The van der Waals surface area contributed by atoms with Gasteiger partial charge in [-0.25, -0.2) is 22.6 Å². The summed E-state index contributed by atoms with van der Waals surface area (Å²) in [5.41, 5.74) is 1.14. The Kier molecular flexibility index (Phi) is 6.51. The average molecular weight is 463 g/mol. The van der Waals surface area contributed by atoms with Crippen LogP contribution in [0.2, 0.25) is 0 Å². The van der Waals surface area contributed by atoms with E-state index in [-0.39, 0.29) is 27.9 Å². The first-order valence-electron chi connectivity index (χ1n) is 9.05. The molecule has 0 bridgehead atoms. The molecule has 1 heterocycles. The highest BCUT2D eigenvalue weighted by molar-refractivity contribution is 7.90. The van der Waals surface area contributed by atoms with E-state index in [0.717, 1.165) is 22.5 Å². The van der Waals surface area contributed by atoms with Crippen molar-refractivity contribution >= 4 is 43.9 Å². The lowest BCUT2D eigenvalue weighted by molar-refractivity contribution is -0.115. The summed E-state index contributed by atoms with van der Waals surface area (Å²) in [6.45, 7) is 2.77. The van der Waals surface area contributed by atoms with Crippen LogP contribution in [0.25, 0.3) is 0 Å². The van der Waals surface area contributed by atoms with Gasteiger partial charge in [0.1, 0.15) is 12.4 Å². The monoisotopic (exact) mass is 462 g/mol. The molecule has 0 fully saturated rings. The predicted molar refractivity (Wildman–Crippen MR) is 115 cm³/mol. The van der Waals surface area contributed by atoms with Gasteiger partial charge in [-0.3, -0.25) is 9.69 Å². The van der Waals surface area contributed by atoms with Crippen LogP contribution in [-0.2, 0) is 26.0 Å². The van der Waals surface area contributed by atoms with Gasteiger partial charge in [0.05, 0.1) is 21.8 Å². The lowest BCUT2D eigenvalue weighted by Crippen LogP contribution is -2.23. The molecule has 0 saturated carbocycles. The number of amides is 1. The Morgan fingerprint density at radius 3 is 2.55 bits per heavy atom. The van der Waals surface area contributed by atoms with Crippen LogP contribution >= 0.6 is 11.3 Å². The highest BCUT2D eigenvalue weighted by Crippen LogP contribution is 2.31. The Hall–Kier alpha value is -3.11. The van der Waals surface area contributed by atoms with E-state index in [4.69, 9.17) is 4.74 Å². The van der Waals surface area contributed by atoms with Crippen LogP contribution in [-0.4, -0.2) is 31.5 Å². The number of ether oxygens (including phenoxy) is 1. The molecule has 1 amide bonds. The van der Waals surface area contributed by atoms with Crippen LogP contribution in [0.4, 0.5) is 15.2 Å². The van der Waals surface area contributed by atoms with Crippen molar-refractivity contribution in [2.24, 2.45) is 0 Å². The van der Waals surface area contributed by atoms with Crippen LogP contribution in [0.3, 0.4) is 0 Å². The van der Waals surface area contributed by atoms with Crippen LogP contribution in [0.5, 0.6) is 0 Å². The topological polar surface area (TPSA) is 93.6 Å². The third kappa shape index (κ3) is 5.15. The first-order chi connectivity index (χ1) is 14.6. The molecule has 0 unspecified atom stereocenters. The summed E-state index contributed by atoms with van der Waals surface area (Å²) in [5, 5.41) is 1.83. The molecule has 0 atom stereocenters. The van der Waals surface area contributed by atoms with Crippen molar-refractivity contribution in [3.05, 3.63) is 70.5 Å². The minimum atomic E-state index is -3.47. The number of rotatable bonds is 6. The number of carbonyl (C=O) groups is 2. The highest BCUT2D eigenvalue weighted by atomic mass is 32.2. The van der Waals surface area contributed by atoms with E-state index in [9.17, 15) is 22.4 Å².